The van der Waals surface area contributed by atoms with Crippen molar-refractivity contribution in [3.05, 3.63) is 54.2 Å². The van der Waals surface area contributed by atoms with Crippen molar-refractivity contribution < 1.29 is 0 Å². The third-order valence-electron chi connectivity index (χ3n) is 4.53. The van der Waals surface area contributed by atoms with Crippen molar-refractivity contribution in [1.82, 2.24) is 24.7 Å². The van der Waals surface area contributed by atoms with Gasteiger partial charge in [0.15, 0.2) is 11.6 Å². The molecule has 0 aliphatic carbocycles. The summed E-state index contributed by atoms with van der Waals surface area (Å²) in [6.07, 6.45) is 1.66. The first-order valence-electron chi connectivity index (χ1n) is 8.57. The summed E-state index contributed by atoms with van der Waals surface area (Å²) in [5.74, 6) is 2.87. The van der Waals surface area contributed by atoms with E-state index < -0.39 is 0 Å². The molecule has 1 aromatic carbocycles. The van der Waals surface area contributed by atoms with E-state index in [9.17, 15) is 0 Å². The zero-order valence-corrected chi connectivity index (χ0v) is 14.8. The van der Waals surface area contributed by atoms with Gasteiger partial charge in [0.2, 0.25) is 0 Å². The van der Waals surface area contributed by atoms with Gasteiger partial charge in [-0.3, -0.25) is 0 Å². The van der Waals surface area contributed by atoms with Gasteiger partial charge in [0.05, 0.1) is 12.2 Å². The fourth-order valence-corrected chi connectivity index (χ4v) is 3.08. The fraction of sp³-hybridized carbons (Fsp3) is 0.368. The van der Waals surface area contributed by atoms with Crippen molar-refractivity contribution in [3.8, 4) is 11.4 Å². The summed E-state index contributed by atoms with van der Waals surface area (Å²) in [5.41, 5.74) is 2.16. The van der Waals surface area contributed by atoms with E-state index in [1.807, 2.05) is 18.2 Å². The molecule has 0 fully saturated rings. The molecule has 0 spiro atoms. The van der Waals surface area contributed by atoms with Gasteiger partial charge in [-0.25, -0.2) is 9.97 Å². The van der Waals surface area contributed by atoms with Crippen molar-refractivity contribution in [2.75, 3.05) is 11.4 Å². The number of fused-ring (bicyclic) bond motifs is 1. The van der Waals surface area contributed by atoms with Crippen molar-refractivity contribution >= 4 is 5.82 Å². The molecule has 6 heteroatoms. The molecule has 0 radical (unpaired) electrons. The molecule has 1 aliphatic rings. The van der Waals surface area contributed by atoms with Crippen LogP contribution in [-0.4, -0.2) is 31.3 Å². The van der Waals surface area contributed by atoms with Gasteiger partial charge in [-0.1, -0.05) is 51.1 Å². The number of nitrogens with zero attached hydrogens (tertiary/aromatic N) is 6. The normalized spacial score (nSPS) is 14.4. The Balaban J connectivity index is 1.62. The lowest BCUT2D eigenvalue weighted by Gasteiger charge is -2.29. The topological polar surface area (TPSA) is 59.7 Å². The lowest BCUT2D eigenvalue weighted by molar-refractivity contribution is 0.549. The molecule has 0 unspecified atom stereocenters. The van der Waals surface area contributed by atoms with E-state index in [1.54, 1.807) is 6.33 Å². The van der Waals surface area contributed by atoms with Crippen LogP contribution in [0.25, 0.3) is 11.4 Å². The maximum atomic E-state index is 4.47. The van der Waals surface area contributed by atoms with Crippen molar-refractivity contribution in [2.24, 2.45) is 0 Å². The Labute approximate surface area is 147 Å². The van der Waals surface area contributed by atoms with Crippen LogP contribution < -0.4 is 4.90 Å². The van der Waals surface area contributed by atoms with Gasteiger partial charge < -0.3 is 9.47 Å². The van der Waals surface area contributed by atoms with Gasteiger partial charge in [0.25, 0.3) is 0 Å². The second-order valence-electron chi connectivity index (χ2n) is 7.39. The van der Waals surface area contributed by atoms with Crippen LogP contribution in [0.3, 0.4) is 0 Å². The molecule has 128 valence electrons. The molecule has 0 atom stereocenters. The quantitative estimate of drug-likeness (QED) is 0.721. The van der Waals surface area contributed by atoms with Crippen LogP contribution in [-0.2, 0) is 18.5 Å². The number of anilines is 1. The van der Waals surface area contributed by atoms with E-state index in [2.05, 4.69) is 68.6 Å². The molecule has 0 saturated carbocycles. The second kappa shape index (κ2) is 5.95. The zero-order valence-electron chi connectivity index (χ0n) is 14.8. The maximum absolute atomic E-state index is 4.47. The number of aromatic nitrogens is 5. The highest BCUT2D eigenvalue weighted by Gasteiger charge is 2.24. The van der Waals surface area contributed by atoms with Crippen LogP contribution in [0.4, 0.5) is 5.82 Å². The van der Waals surface area contributed by atoms with Gasteiger partial charge in [0, 0.05) is 30.1 Å². The highest BCUT2D eigenvalue weighted by Crippen LogP contribution is 2.26. The monoisotopic (exact) mass is 334 g/mol. The third-order valence-corrected chi connectivity index (χ3v) is 4.53. The number of hydrogen-bond acceptors (Lipinski definition) is 5. The molecule has 0 N–H and O–H groups in total. The lowest BCUT2D eigenvalue weighted by atomic mass is 9.92. The van der Waals surface area contributed by atoms with E-state index in [0.29, 0.717) is 6.54 Å². The molecule has 0 bridgehead atoms. The molecule has 0 amide bonds. The summed E-state index contributed by atoms with van der Waals surface area (Å²) in [7, 11) is 0. The highest BCUT2D eigenvalue weighted by molar-refractivity contribution is 5.55. The Hall–Kier alpha value is -2.76. The predicted octanol–water partition coefficient (Wildman–Crippen LogP) is 3.05. The Kier molecular flexibility index (Phi) is 3.75. The number of rotatable bonds is 2. The Morgan fingerprint density at radius 2 is 1.76 bits per heavy atom. The minimum Gasteiger partial charge on any atom is -0.347 e. The van der Waals surface area contributed by atoms with Crippen LogP contribution >= 0.6 is 0 Å². The summed E-state index contributed by atoms with van der Waals surface area (Å²) in [6, 6.07) is 12.3. The standard InChI is InChI=1S/C19H22N6/c1-19(2,3)15-11-16(21-13-20-15)24-9-10-25-17(12-24)22-23-18(25)14-7-5-4-6-8-14/h4-8,11,13H,9-10,12H2,1-3H3. The summed E-state index contributed by atoms with van der Waals surface area (Å²) in [4.78, 5) is 11.1. The average Bonchev–Trinajstić information content (AvgIpc) is 3.05. The van der Waals surface area contributed by atoms with Crippen LogP contribution in [0.5, 0.6) is 0 Å². The summed E-state index contributed by atoms with van der Waals surface area (Å²) in [6.45, 7) is 8.93. The molecule has 0 saturated heterocycles. The van der Waals surface area contributed by atoms with E-state index >= 15 is 0 Å². The molecule has 3 heterocycles. The first-order chi connectivity index (χ1) is 12.0. The summed E-state index contributed by atoms with van der Waals surface area (Å²) < 4.78 is 2.21. The van der Waals surface area contributed by atoms with Crippen LogP contribution in [0.2, 0.25) is 0 Å². The highest BCUT2D eigenvalue weighted by atomic mass is 15.3. The van der Waals surface area contributed by atoms with Gasteiger partial charge in [-0.05, 0) is 0 Å². The first kappa shape index (κ1) is 15.7. The minimum absolute atomic E-state index is 0.00792. The Bertz CT molecular complexity index is 878. The molecular weight excluding hydrogens is 312 g/mol. The lowest BCUT2D eigenvalue weighted by Crippen LogP contribution is -2.35. The van der Waals surface area contributed by atoms with Gasteiger partial charge in [-0.2, -0.15) is 0 Å². The van der Waals surface area contributed by atoms with Crippen LogP contribution in [0, 0.1) is 0 Å². The molecule has 1 aliphatic heterocycles. The molecule has 2 aromatic heterocycles. The van der Waals surface area contributed by atoms with Crippen LogP contribution in [0.1, 0.15) is 32.3 Å². The third kappa shape index (κ3) is 2.99. The maximum Gasteiger partial charge on any atom is 0.164 e. The average molecular weight is 334 g/mol. The largest absolute Gasteiger partial charge is 0.347 e. The fourth-order valence-electron chi connectivity index (χ4n) is 3.08. The summed E-state index contributed by atoms with van der Waals surface area (Å²) >= 11 is 0. The first-order valence-corrected chi connectivity index (χ1v) is 8.57. The van der Waals surface area contributed by atoms with Crippen molar-refractivity contribution in [1.29, 1.82) is 0 Å². The van der Waals surface area contributed by atoms with E-state index in [-0.39, 0.29) is 5.41 Å². The number of hydrogen-bond donors (Lipinski definition) is 0. The molecule has 4 rings (SSSR count). The number of benzene rings is 1. The molecule has 3 aromatic rings. The Morgan fingerprint density at radius 3 is 2.52 bits per heavy atom. The second-order valence-corrected chi connectivity index (χ2v) is 7.39. The minimum atomic E-state index is 0.00792. The van der Waals surface area contributed by atoms with Crippen LogP contribution in [0.15, 0.2) is 42.7 Å². The molecule has 25 heavy (non-hydrogen) atoms. The van der Waals surface area contributed by atoms with E-state index in [1.165, 1.54) is 0 Å². The van der Waals surface area contributed by atoms with E-state index in [4.69, 9.17) is 0 Å². The molecular formula is C19H22N6. The molecule has 6 nitrogen and oxygen atoms in total. The summed E-state index contributed by atoms with van der Waals surface area (Å²) in [5, 5.41) is 8.81. The predicted molar refractivity (Wildman–Crippen MR) is 97.2 cm³/mol. The van der Waals surface area contributed by atoms with Gasteiger partial charge in [-0.15, -0.1) is 10.2 Å². The SMILES string of the molecule is CC(C)(C)c1cc(N2CCn3c(nnc3-c3ccccc3)C2)ncn1. The van der Waals surface area contributed by atoms with Crippen molar-refractivity contribution in [3.63, 3.8) is 0 Å². The van der Waals surface area contributed by atoms with Gasteiger partial charge in [0.1, 0.15) is 12.1 Å². The van der Waals surface area contributed by atoms with Gasteiger partial charge >= 0.3 is 0 Å². The smallest absolute Gasteiger partial charge is 0.164 e. The van der Waals surface area contributed by atoms with E-state index in [0.717, 1.165) is 41.8 Å². The zero-order chi connectivity index (χ0) is 17.4. The van der Waals surface area contributed by atoms with Crippen molar-refractivity contribution in [2.45, 2.75) is 39.3 Å². The Morgan fingerprint density at radius 1 is 0.960 bits per heavy atom.